The van der Waals surface area contributed by atoms with Crippen molar-refractivity contribution in [3.05, 3.63) is 0 Å². The predicted octanol–water partition coefficient (Wildman–Crippen LogP) is -0.119. The highest BCUT2D eigenvalue weighted by Gasteiger charge is 2.55. The van der Waals surface area contributed by atoms with Crippen LogP contribution in [0, 0.1) is 0 Å². The van der Waals surface area contributed by atoms with Gasteiger partial charge in [0.1, 0.15) is 5.54 Å². The maximum absolute atomic E-state index is 12.4. The summed E-state index contributed by atoms with van der Waals surface area (Å²) >= 11 is 0. The smallest absolute Gasteiger partial charge is 0.245 e. The monoisotopic (exact) mass is 283 g/mol. The molecule has 2 aliphatic rings. The molecule has 0 aromatic heterocycles. The Hall–Kier alpha value is -1.14. The number of carbonyl (C=O) groups is 2. The summed E-state index contributed by atoms with van der Waals surface area (Å²) in [5.74, 6) is -0.0515. The zero-order valence-corrected chi connectivity index (χ0v) is 12.8. The Bertz CT molecular complexity index is 399. The number of rotatable bonds is 3. The molecule has 0 radical (unpaired) electrons. The minimum atomic E-state index is -0.662. The molecule has 0 saturated carbocycles. The van der Waals surface area contributed by atoms with Crippen LogP contribution in [0.1, 0.15) is 33.6 Å². The number of nitrogens with zero attached hydrogens (tertiary/aromatic N) is 1. The van der Waals surface area contributed by atoms with Crippen molar-refractivity contribution in [1.29, 1.82) is 0 Å². The Morgan fingerprint density at radius 2 is 1.95 bits per heavy atom. The van der Waals surface area contributed by atoms with Crippen molar-refractivity contribution in [3.8, 4) is 0 Å². The Morgan fingerprint density at radius 1 is 1.30 bits per heavy atom. The lowest BCUT2D eigenvalue weighted by atomic mass is 9.92. The second kappa shape index (κ2) is 5.33. The summed E-state index contributed by atoms with van der Waals surface area (Å²) in [6, 6.07) is -0.240. The van der Waals surface area contributed by atoms with Gasteiger partial charge in [0.2, 0.25) is 11.8 Å². The van der Waals surface area contributed by atoms with E-state index in [4.69, 9.17) is 4.74 Å². The maximum Gasteiger partial charge on any atom is 0.245 e. The van der Waals surface area contributed by atoms with Crippen molar-refractivity contribution in [2.45, 2.75) is 50.7 Å². The Balaban J connectivity index is 2.14. The minimum absolute atomic E-state index is 0.00479. The molecule has 20 heavy (non-hydrogen) atoms. The van der Waals surface area contributed by atoms with E-state index in [1.54, 1.807) is 7.05 Å². The highest BCUT2D eigenvalue weighted by molar-refractivity contribution is 5.89. The van der Waals surface area contributed by atoms with Crippen LogP contribution in [0.4, 0.5) is 0 Å². The van der Waals surface area contributed by atoms with Gasteiger partial charge >= 0.3 is 0 Å². The van der Waals surface area contributed by atoms with E-state index in [2.05, 4.69) is 10.6 Å². The van der Waals surface area contributed by atoms with Gasteiger partial charge in [0.05, 0.1) is 19.3 Å². The molecule has 0 spiro atoms. The van der Waals surface area contributed by atoms with E-state index in [1.165, 1.54) is 0 Å². The first-order valence-electron chi connectivity index (χ1n) is 7.19. The Labute approximate surface area is 120 Å². The van der Waals surface area contributed by atoms with Crippen LogP contribution in [-0.4, -0.2) is 60.6 Å². The van der Waals surface area contributed by atoms with E-state index >= 15 is 0 Å². The van der Waals surface area contributed by atoms with Gasteiger partial charge < -0.3 is 15.4 Å². The van der Waals surface area contributed by atoms with Gasteiger partial charge in [-0.3, -0.25) is 14.5 Å². The quantitative estimate of drug-likeness (QED) is 0.757. The molecule has 0 unspecified atom stereocenters. The van der Waals surface area contributed by atoms with Gasteiger partial charge in [-0.2, -0.15) is 0 Å². The standard InChI is InChI=1S/C14H25N3O3/c1-13(2,3)16-11(18)10-6-5-7-17(10)14(8-20-9-14)12(19)15-4/h10H,5-9H2,1-4H3,(H,15,19)(H,16,18)/t10-/m0/s1. The number of likely N-dealkylation sites (tertiary alicyclic amines) is 1. The van der Waals surface area contributed by atoms with E-state index in [0.717, 1.165) is 19.4 Å². The summed E-state index contributed by atoms with van der Waals surface area (Å²) in [7, 11) is 1.63. The second-order valence-electron chi connectivity index (χ2n) is 6.69. The summed E-state index contributed by atoms with van der Waals surface area (Å²) in [4.78, 5) is 26.7. The molecular formula is C14H25N3O3. The normalized spacial score (nSPS) is 25.9. The lowest BCUT2D eigenvalue weighted by Crippen LogP contribution is -2.72. The molecule has 2 fully saturated rings. The number of hydrogen-bond donors (Lipinski definition) is 2. The molecule has 6 heteroatoms. The molecule has 2 amide bonds. The van der Waals surface area contributed by atoms with Crippen LogP contribution in [0.5, 0.6) is 0 Å². The van der Waals surface area contributed by atoms with E-state index in [1.807, 2.05) is 25.7 Å². The number of likely N-dealkylation sites (N-methyl/N-ethyl adjacent to an activating group) is 1. The lowest BCUT2D eigenvalue weighted by molar-refractivity contribution is -0.174. The number of hydrogen-bond acceptors (Lipinski definition) is 4. The first-order valence-corrected chi connectivity index (χ1v) is 7.19. The van der Waals surface area contributed by atoms with Gasteiger partial charge in [-0.25, -0.2) is 0 Å². The fourth-order valence-corrected chi connectivity index (χ4v) is 2.96. The molecule has 2 N–H and O–H groups in total. The zero-order chi connectivity index (χ0) is 15.0. The van der Waals surface area contributed by atoms with E-state index in [-0.39, 0.29) is 23.4 Å². The fourth-order valence-electron chi connectivity index (χ4n) is 2.96. The summed E-state index contributed by atoms with van der Waals surface area (Å²) in [6.45, 7) is 7.39. The largest absolute Gasteiger partial charge is 0.376 e. The van der Waals surface area contributed by atoms with E-state index in [9.17, 15) is 9.59 Å². The van der Waals surface area contributed by atoms with Gasteiger partial charge in [-0.1, -0.05) is 0 Å². The first-order chi connectivity index (χ1) is 9.30. The zero-order valence-electron chi connectivity index (χ0n) is 12.8. The van der Waals surface area contributed by atoms with Crippen molar-refractivity contribution >= 4 is 11.8 Å². The summed E-state index contributed by atoms with van der Waals surface area (Å²) in [5, 5.41) is 5.72. The molecule has 1 atom stereocenters. The van der Waals surface area contributed by atoms with Crippen LogP contribution >= 0.6 is 0 Å². The average Bonchev–Trinajstić information content (AvgIpc) is 2.74. The molecule has 0 aromatic rings. The van der Waals surface area contributed by atoms with Crippen molar-refractivity contribution < 1.29 is 14.3 Å². The lowest BCUT2D eigenvalue weighted by Gasteiger charge is -2.48. The van der Waals surface area contributed by atoms with Crippen LogP contribution in [0.2, 0.25) is 0 Å². The average molecular weight is 283 g/mol. The minimum Gasteiger partial charge on any atom is -0.376 e. The molecule has 2 rings (SSSR count). The third-order valence-electron chi connectivity index (χ3n) is 3.93. The van der Waals surface area contributed by atoms with Gasteiger partial charge in [0.15, 0.2) is 0 Å². The number of carbonyl (C=O) groups excluding carboxylic acids is 2. The van der Waals surface area contributed by atoms with Crippen LogP contribution < -0.4 is 10.6 Å². The summed E-state index contributed by atoms with van der Waals surface area (Å²) in [5.41, 5.74) is -0.924. The van der Waals surface area contributed by atoms with Gasteiger partial charge in [-0.15, -0.1) is 0 Å². The topological polar surface area (TPSA) is 70.7 Å². The molecule has 0 aromatic carbocycles. The van der Waals surface area contributed by atoms with E-state index in [0.29, 0.717) is 13.2 Å². The maximum atomic E-state index is 12.4. The van der Waals surface area contributed by atoms with Crippen molar-refractivity contribution in [2.24, 2.45) is 0 Å². The van der Waals surface area contributed by atoms with Crippen LogP contribution in [0.15, 0.2) is 0 Å². The second-order valence-corrected chi connectivity index (χ2v) is 6.69. The summed E-state index contributed by atoms with van der Waals surface area (Å²) < 4.78 is 5.27. The molecule has 6 nitrogen and oxygen atoms in total. The SMILES string of the molecule is CNC(=O)C1(N2CCC[C@H]2C(=O)NC(C)(C)C)COC1. The molecular weight excluding hydrogens is 258 g/mol. The van der Waals surface area contributed by atoms with Crippen molar-refractivity contribution in [1.82, 2.24) is 15.5 Å². The number of amides is 2. The van der Waals surface area contributed by atoms with Gasteiger partial charge in [-0.05, 0) is 33.6 Å². The summed E-state index contributed by atoms with van der Waals surface area (Å²) in [6.07, 6.45) is 1.72. The van der Waals surface area contributed by atoms with Crippen LogP contribution in [-0.2, 0) is 14.3 Å². The van der Waals surface area contributed by atoms with Gasteiger partial charge in [0, 0.05) is 19.1 Å². The molecule has 0 aliphatic carbocycles. The van der Waals surface area contributed by atoms with Crippen LogP contribution in [0.25, 0.3) is 0 Å². The number of ether oxygens (including phenoxy) is 1. The predicted molar refractivity (Wildman–Crippen MR) is 75.2 cm³/mol. The van der Waals surface area contributed by atoms with E-state index < -0.39 is 5.54 Å². The molecule has 0 bridgehead atoms. The third-order valence-corrected chi connectivity index (χ3v) is 3.93. The van der Waals surface area contributed by atoms with Crippen molar-refractivity contribution in [2.75, 3.05) is 26.8 Å². The van der Waals surface area contributed by atoms with Gasteiger partial charge in [0.25, 0.3) is 0 Å². The van der Waals surface area contributed by atoms with Crippen molar-refractivity contribution in [3.63, 3.8) is 0 Å². The molecule has 114 valence electrons. The first kappa shape index (κ1) is 15.3. The molecule has 2 saturated heterocycles. The molecule has 2 heterocycles. The Morgan fingerprint density at radius 3 is 2.40 bits per heavy atom. The molecule has 2 aliphatic heterocycles. The fraction of sp³-hybridized carbons (Fsp3) is 0.857. The third kappa shape index (κ3) is 2.67. The highest BCUT2D eigenvalue weighted by Crippen LogP contribution is 2.33. The number of nitrogens with one attached hydrogen (secondary N) is 2. The Kier molecular flexibility index (Phi) is 4.07. The highest BCUT2D eigenvalue weighted by atomic mass is 16.5. The van der Waals surface area contributed by atoms with Crippen LogP contribution in [0.3, 0.4) is 0 Å².